The zero-order valence-corrected chi connectivity index (χ0v) is 20.7. The molecule has 0 atom stereocenters. The van der Waals surface area contributed by atoms with Crippen LogP contribution in [-0.2, 0) is 17.9 Å². The molecule has 38 heavy (non-hydrogen) atoms. The number of pyridine rings is 2. The predicted molar refractivity (Wildman–Crippen MR) is 139 cm³/mol. The van der Waals surface area contributed by atoms with E-state index in [1.54, 1.807) is 22.9 Å². The number of aromatic nitrogens is 4. The molecule has 1 aliphatic rings. The van der Waals surface area contributed by atoms with Crippen molar-refractivity contribution in [2.24, 2.45) is 0 Å². The van der Waals surface area contributed by atoms with E-state index in [-0.39, 0.29) is 36.1 Å². The van der Waals surface area contributed by atoms with Gasteiger partial charge in [-0.15, -0.1) is 0 Å². The predicted octanol–water partition coefficient (Wildman–Crippen LogP) is 3.78. The molecule has 0 saturated carbocycles. The maximum atomic E-state index is 13.4. The van der Waals surface area contributed by atoms with Gasteiger partial charge in [-0.2, -0.15) is 4.98 Å². The van der Waals surface area contributed by atoms with Crippen molar-refractivity contribution >= 4 is 16.9 Å². The van der Waals surface area contributed by atoms with Crippen molar-refractivity contribution in [3.63, 3.8) is 0 Å². The lowest BCUT2D eigenvalue weighted by molar-refractivity contribution is -0.121. The lowest BCUT2D eigenvalue weighted by atomic mass is 10.1. The number of hydrogen-bond acceptors (Lipinski definition) is 8. The van der Waals surface area contributed by atoms with E-state index in [9.17, 15) is 9.59 Å². The quantitative estimate of drug-likeness (QED) is 0.367. The van der Waals surface area contributed by atoms with Gasteiger partial charge in [-0.1, -0.05) is 35.5 Å². The fraction of sp³-hybridized carbons (Fsp3) is 0.179. The summed E-state index contributed by atoms with van der Waals surface area (Å²) in [6, 6.07) is 16.6. The average Bonchev–Trinajstić information content (AvgIpc) is 3.59. The molecule has 2 aromatic carbocycles. The van der Waals surface area contributed by atoms with Gasteiger partial charge in [-0.3, -0.25) is 9.59 Å². The third kappa shape index (κ3) is 4.36. The van der Waals surface area contributed by atoms with E-state index in [1.807, 2.05) is 56.3 Å². The van der Waals surface area contributed by atoms with Gasteiger partial charge in [0.25, 0.3) is 5.89 Å². The van der Waals surface area contributed by atoms with Crippen LogP contribution >= 0.6 is 0 Å². The van der Waals surface area contributed by atoms with Gasteiger partial charge in [-0.05, 0) is 49.2 Å². The summed E-state index contributed by atoms with van der Waals surface area (Å²) >= 11 is 0. The Hall–Kier alpha value is -4.99. The monoisotopic (exact) mass is 509 g/mol. The molecule has 1 N–H and O–H groups in total. The molecule has 0 radical (unpaired) electrons. The second-order valence-electron chi connectivity index (χ2n) is 9.03. The fourth-order valence-corrected chi connectivity index (χ4v) is 4.36. The molecular formula is C28H23N5O5. The van der Waals surface area contributed by atoms with E-state index in [1.165, 1.54) is 0 Å². The molecule has 6 rings (SSSR count). The molecule has 0 fully saturated rings. The van der Waals surface area contributed by atoms with Crippen LogP contribution in [0.15, 0.2) is 70.1 Å². The Morgan fingerprint density at radius 2 is 1.84 bits per heavy atom. The highest BCUT2D eigenvalue weighted by Crippen LogP contribution is 2.32. The largest absolute Gasteiger partial charge is 0.454 e. The van der Waals surface area contributed by atoms with Crippen LogP contribution < -0.4 is 20.2 Å². The van der Waals surface area contributed by atoms with Crippen LogP contribution in [0.5, 0.6) is 11.5 Å². The summed E-state index contributed by atoms with van der Waals surface area (Å²) in [5, 5.41) is 7.35. The minimum atomic E-state index is -0.301. The molecule has 0 spiro atoms. The second kappa shape index (κ2) is 9.47. The zero-order valence-electron chi connectivity index (χ0n) is 20.7. The number of carbonyl (C=O) groups is 1. The Morgan fingerprint density at radius 1 is 1.00 bits per heavy atom. The number of nitrogens with zero attached hydrogens (tertiary/aromatic N) is 4. The standard InChI is InChI=1S/C28H23N5O5/c1-16-5-3-4-6-19(16)26-31-28(38-32-26)21-13-33(27-20(25(21)35)9-7-17(2)30-27)14-24(34)29-12-18-8-10-22-23(11-18)37-15-36-22/h3-11,13H,12,14-15H2,1-2H3,(H,29,34). The van der Waals surface area contributed by atoms with E-state index in [0.29, 0.717) is 34.9 Å². The topological polar surface area (TPSA) is 121 Å². The number of aryl methyl sites for hydroxylation is 2. The highest BCUT2D eigenvalue weighted by Gasteiger charge is 2.20. The first-order chi connectivity index (χ1) is 18.5. The van der Waals surface area contributed by atoms with Crippen LogP contribution in [0.3, 0.4) is 0 Å². The Morgan fingerprint density at radius 3 is 2.71 bits per heavy atom. The van der Waals surface area contributed by atoms with Crippen LogP contribution in [-0.4, -0.2) is 32.4 Å². The molecule has 4 heterocycles. The highest BCUT2D eigenvalue weighted by molar-refractivity contribution is 5.83. The van der Waals surface area contributed by atoms with Crippen molar-refractivity contribution in [2.45, 2.75) is 26.9 Å². The van der Waals surface area contributed by atoms with Gasteiger partial charge < -0.3 is 23.9 Å². The summed E-state index contributed by atoms with van der Waals surface area (Å²) < 4.78 is 17.9. The van der Waals surface area contributed by atoms with Crippen molar-refractivity contribution in [3.05, 3.63) is 87.8 Å². The zero-order chi connectivity index (χ0) is 26.2. The fourth-order valence-electron chi connectivity index (χ4n) is 4.36. The summed E-state index contributed by atoms with van der Waals surface area (Å²) in [5.41, 5.74) is 3.67. The number of rotatable bonds is 6. The van der Waals surface area contributed by atoms with Crippen molar-refractivity contribution in [2.75, 3.05) is 6.79 Å². The number of benzene rings is 2. The number of nitrogens with one attached hydrogen (secondary N) is 1. The van der Waals surface area contributed by atoms with E-state index in [2.05, 4.69) is 20.4 Å². The number of carbonyl (C=O) groups excluding carboxylic acids is 1. The SMILES string of the molecule is Cc1ccc2c(=O)c(-c3nc(-c4ccccc4C)no3)cn(CC(=O)NCc3ccc4c(c3)OCO4)c2n1. The summed E-state index contributed by atoms with van der Waals surface area (Å²) in [4.78, 5) is 35.4. The lowest BCUT2D eigenvalue weighted by Gasteiger charge is -2.12. The normalized spacial score (nSPS) is 12.2. The first-order valence-electron chi connectivity index (χ1n) is 12.0. The smallest absolute Gasteiger partial charge is 0.263 e. The molecule has 10 nitrogen and oxygen atoms in total. The number of hydrogen-bond donors (Lipinski definition) is 1. The van der Waals surface area contributed by atoms with Gasteiger partial charge in [-0.25, -0.2) is 4.98 Å². The van der Waals surface area contributed by atoms with Crippen molar-refractivity contribution in [3.8, 4) is 34.3 Å². The molecule has 5 aromatic rings. The van der Waals surface area contributed by atoms with Gasteiger partial charge in [0.1, 0.15) is 17.8 Å². The summed E-state index contributed by atoms with van der Waals surface area (Å²) in [6.45, 7) is 4.20. The van der Waals surface area contributed by atoms with Gasteiger partial charge in [0, 0.05) is 24.0 Å². The molecule has 0 aliphatic carbocycles. The Kier molecular flexibility index (Phi) is 5.83. The number of amides is 1. The molecule has 0 bridgehead atoms. The highest BCUT2D eigenvalue weighted by atomic mass is 16.7. The lowest BCUT2D eigenvalue weighted by Crippen LogP contribution is -2.28. The molecule has 3 aromatic heterocycles. The van der Waals surface area contributed by atoms with E-state index in [4.69, 9.17) is 14.0 Å². The van der Waals surface area contributed by atoms with Crippen molar-refractivity contribution < 1.29 is 18.8 Å². The van der Waals surface area contributed by atoms with Crippen molar-refractivity contribution in [1.82, 2.24) is 25.0 Å². The number of fused-ring (bicyclic) bond motifs is 2. The maximum Gasteiger partial charge on any atom is 0.263 e. The van der Waals surface area contributed by atoms with Gasteiger partial charge in [0.05, 0.1) is 5.39 Å². The second-order valence-corrected chi connectivity index (χ2v) is 9.03. The van der Waals surface area contributed by atoms with E-state index >= 15 is 0 Å². The van der Waals surface area contributed by atoms with Gasteiger partial charge in [0.2, 0.25) is 24.0 Å². The van der Waals surface area contributed by atoms with Crippen LogP contribution in [0, 0.1) is 13.8 Å². The van der Waals surface area contributed by atoms with Gasteiger partial charge >= 0.3 is 0 Å². The van der Waals surface area contributed by atoms with Crippen molar-refractivity contribution in [1.29, 1.82) is 0 Å². The van der Waals surface area contributed by atoms with Gasteiger partial charge in [0.15, 0.2) is 11.5 Å². The van der Waals surface area contributed by atoms with Crippen LogP contribution in [0.1, 0.15) is 16.8 Å². The minimum absolute atomic E-state index is 0.0659. The number of ether oxygens (including phenoxy) is 2. The average molecular weight is 510 g/mol. The maximum absolute atomic E-state index is 13.4. The Balaban J connectivity index is 1.31. The third-order valence-electron chi connectivity index (χ3n) is 6.34. The molecule has 1 aliphatic heterocycles. The first kappa shape index (κ1) is 23.4. The molecule has 0 unspecified atom stereocenters. The molecule has 1 amide bonds. The summed E-state index contributed by atoms with van der Waals surface area (Å²) in [7, 11) is 0. The molecule has 190 valence electrons. The Labute approximate surface area is 216 Å². The van der Waals surface area contributed by atoms with Crippen LogP contribution in [0.25, 0.3) is 33.9 Å². The molecule has 10 heteroatoms. The summed E-state index contributed by atoms with van der Waals surface area (Å²) in [6.07, 6.45) is 1.55. The first-order valence-corrected chi connectivity index (χ1v) is 12.0. The summed E-state index contributed by atoms with van der Waals surface area (Å²) in [5.74, 6) is 1.53. The van der Waals surface area contributed by atoms with E-state index < -0.39 is 0 Å². The minimum Gasteiger partial charge on any atom is -0.454 e. The molecular weight excluding hydrogens is 486 g/mol. The third-order valence-corrected chi connectivity index (χ3v) is 6.34. The van der Waals surface area contributed by atoms with E-state index in [0.717, 1.165) is 22.4 Å². The van der Waals surface area contributed by atoms with Crippen LogP contribution in [0.2, 0.25) is 0 Å². The van der Waals surface area contributed by atoms with Crippen LogP contribution in [0.4, 0.5) is 0 Å². The molecule has 0 saturated heterocycles. The Bertz CT molecular complexity index is 1760.